The van der Waals surface area contributed by atoms with Gasteiger partial charge in [0.25, 0.3) is 5.91 Å². The van der Waals surface area contributed by atoms with Gasteiger partial charge in [0.05, 0.1) is 13.2 Å². The fourth-order valence-electron chi connectivity index (χ4n) is 3.64. The van der Waals surface area contributed by atoms with Gasteiger partial charge in [-0.25, -0.2) is 0 Å². The third-order valence-corrected chi connectivity index (χ3v) is 5.48. The maximum atomic E-state index is 12.7. The second kappa shape index (κ2) is 9.77. The minimum Gasteiger partial charge on any atom is -0.497 e. The number of ether oxygens (including phenoxy) is 1. The molecule has 0 aromatic heterocycles. The molecule has 27 heavy (non-hydrogen) atoms. The average Bonchev–Trinajstić information content (AvgIpc) is 2.99. The zero-order chi connectivity index (χ0) is 19.1. The van der Waals surface area contributed by atoms with E-state index in [4.69, 9.17) is 16.3 Å². The zero-order valence-electron chi connectivity index (χ0n) is 15.8. The summed E-state index contributed by atoms with van der Waals surface area (Å²) < 4.78 is 5.22. The molecule has 0 spiro atoms. The normalized spacial score (nSPS) is 16.4. The lowest BCUT2D eigenvalue weighted by Gasteiger charge is -2.31. The number of rotatable bonds is 6. The Morgan fingerprint density at radius 3 is 2.56 bits per heavy atom. The van der Waals surface area contributed by atoms with E-state index in [9.17, 15) is 4.79 Å². The van der Waals surface area contributed by atoms with Gasteiger partial charge in [-0.1, -0.05) is 48.7 Å². The van der Waals surface area contributed by atoms with Crippen molar-refractivity contribution in [2.24, 2.45) is 0 Å². The van der Waals surface area contributed by atoms with Crippen LogP contribution in [-0.2, 0) is 0 Å². The molecule has 0 aliphatic carbocycles. The van der Waals surface area contributed by atoms with Crippen molar-refractivity contribution in [3.05, 3.63) is 64.7 Å². The summed E-state index contributed by atoms with van der Waals surface area (Å²) in [5.74, 6) is 0.582. The van der Waals surface area contributed by atoms with Crippen LogP contribution in [0, 0.1) is 0 Å². The highest BCUT2D eigenvalue weighted by Gasteiger charge is 2.24. The smallest absolute Gasteiger partial charge is 0.251 e. The molecule has 1 N–H and O–H groups in total. The molecule has 0 bridgehead atoms. The van der Waals surface area contributed by atoms with Gasteiger partial charge in [-0.15, -0.1) is 0 Å². The van der Waals surface area contributed by atoms with E-state index in [1.54, 1.807) is 19.2 Å². The van der Waals surface area contributed by atoms with Gasteiger partial charge in [0, 0.05) is 17.1 Å². The number of carbonyl (C=O) groups excluding carboxylic acids is 1. The molecule has 1 saturated heterocycles. The van der Waals surface area contributed by atoms with Crippen molar-refractivity contribution in [1.82, 2.24) is 10.2 Å². The Bertz CT molecular complexity index is 757. The van der Waals surface area contributed by atoms with Crippen molar-refractivity contribution in [2.45, 2.75) is 31.7 Å². The molecular weight excluding hydrogens is 360 g/mol. The van der Waals surface area contributed by atoms with Gasteiger partial charge in [-0.2, -0.15) is 0 Å². The molecule has 0 unspecified atom stereocenters. The predicted octanol–water partition coefficient (Wildman–Crippen LogP) is 4.70. The van der Waals surface area contributed by atoms with Gasteiger partial charge in [-0.05, 0) is 55.8 Å². The average molecular weight is 387 g/mol. The molecule has 4 nitrogen and oxygen atoms in total. The molecule has 2 aromatic rings. The highest BCUT2D eigenvalue weighted by atomic mass is 35.5. The van der Waals surface area contributed by atoms with Gasteiger partial charge in [0.2, 0.25) is 0 Å². The third-order valence-electron chi connectivity index (χ3n) is 5.13. The number of nitrogens with one attached hydrogen (secondary N) is 1. The summed E-state index contributed by atoms with van der Waals surface area (Å²) >= 11 is 6.49. The number of benzene rings is 2. The SMILES string of the molecule is COc1cccc(C(=O)NC[C@H](c2ccccc2Cl)N2CCCCCC2)c1. The number of hydrogen-bond acceptors (Lipinski definition) is 3. The van der Waals surface area contributed by atoms with Crippen LogP contribution >= 0.6 is 11.6 Å². The van der Waals surface area contributed by atoms with Crippen LogP contribution in [0.2, 0.25) is 5.02 Å². The highest BCUT2D eigenvalue weighted by Crippen LogP contribution is 2.29. The van der Waals surface area contributed by atoms with Crippen LogP contribution in [0.5, 0.6) is 5.75 Å². The lowest BCUT2D eigenvalue weighted by molar-refractivity contribution is 0.0933. The van der Waals surface area contributed by atoms with E-state index in [1.807, 2.05) is 30.3 Å². The Hall–Kier alpha value is -2.04. The van der Waals surface area contributed by atoms with Crippen molar-refractivity contribution in [3.8, 4) is 5.75 Å². The lowest BCUT2D eigenvalue weighted by atomic mass is 10.0. The molecule has 1 atom stereocenters. The Morgan fingerprint density at radius 2 is 1.85 bits per heavy atom. The van der Waals surface area contributed by atoms with Crippen LogP contribution in [0.25, 0.3) is 0 Å². The van der Waals surface area contributed by atoms with Crippen molar-refractivity contribution < 1.29 is 9.53 Å². The van der Waals surface area contributed by atoms with Crippen LogP contribution < -0.4 is 10.1 Å². The number of likely N-dealkylation sites (tertiary alicyclic amines) is 1. The third kappa shape index (κ3) is 5.24. The van der Waals surface area contributed by atoms with E-state index in [0.717, 1.165) is 23.7 Å². The maximum absolute atomic E-state index is 12.7. The summed E-state index contributed by atoms with van der Waals surface area (Å²) in [6, 6.07) is 15.2. The van der Waals surface area contributed by atoms with Gasteiger partial charge in [0.1, 0.15) is 5.75 Å². The van der Waals surface area contributed by atoms with Gasteiger partial charge in [-0.3, -0.25) is 9.69 Å². The zero-order valence-corrected chi connectivity index (χ0v) is 16.5. The fourth-order valence-corrected chi connectivity index (χ4v) is 3.91. The first-order chi connectivity index (χ1) is 13.2. The summed E-state index contributed by atoms with van der Waals surface area (Å²) in [6.45, 7) is 2.59. The second-order valence-electron chi connectivity index (χ2n) is 6.93. The summed E-state index contributed by atoms with van der Waals surface area (Å²) in [7, 11) is 1.60. The Balaban J connectivity index is 1.76. The fraction of sp³-hybridized carbons (Fsp3) is 0.409. The molecule has 1 aliphatic rings. The first-order valence-corrected chi connectivity index (χ1v) is 9.97. The number of hydrogen-bond donors (Lipinski definition) is 1. The molecule has 1 aliphatic heterocycles. The lowest BCUT2D eigenvalue weighted by Crippen LogP contribution is -2.38. The monoisotopic (exact) mass is 386 g/mol. The van der Waals surface area contributed by atoms with Crippen molar-refractivity contribution in [1.29, 1.82) is 0 Å². The summed E-state index contributed by atoms with van der Waals surface area (Å²) in [6.07, 6.45) is 4.90. The van der Waals surface area contributed by atoms with Crippen LogP contribution in [0.1, 0.15) is 47.6 Å². The van der Waals surface area contributed by atoms with Gasteiger partial charge in [0.15, 0.2) is 0 Å². The molecule has 1 amide bonds. The Morgan fingerprint density at radius 1 is 1.11 bits per heavy atom. The topological polar surface area (TPSA) is 41.6 Å². The second-order valence-corrected chi connectivity index (χ2v) is 7.34. The number of carbonyl (C=O) groups is 1. The first-order valence-electron chi connectivity index (χ1n) is 9.60. The number of halogens is 1. The van der Waals surface area contributed by atoms with Crippen LogP contribution in [0.3, 0.4) is 0 Å². The Labute approximate surface area is 166 Å². The predicted molar refractivity (Wildman–Crippen MR) is 110 cm³/mol. The molecule has 5 heteroatoms. The minimum atomic E-state index is -0.0965. The quantitative estimate of drug-likeness (QED) is 0.782. The molecule has 1 heterocycles. The Kier molecular flexibility index (Phi) is 7.13. The van der Waals surface area contributed by atoms with E-state index in [0.29, 0.717) is 17.9 Å². The van der Waals surface area contributed by atoms with Crippen LogP contribution in [0.15, 0.2) is 48.5 Å². The molecule has 144 valence electrons. The van der Waals surface area contributed by atoms with Gasteiger partial charge >= 0.3 is 0 Å². The largest absolute Gasteiger partial charge is 0.497 e. The molecule has 1 fully saturated rings. The molecule has 0 radical (unpaired) electrons. The van der Waals surface area contributed by atoms with Crippen LogP contribution in [0.4, 0.5) is 0 Å². The minimum absolute atomic E-state index is 0.0753. The van der Waals surface area contributed by atoms with Gasteiger partial charge < -0.3 is 10.1 Å². The standard InChI is InChI=1S/C22H27ClN2O2/c1-27-18-10-8-9-17(15-18)22(26)24-16-21(19-11-4-5-12-20(19)23)25-13-6-2-3-7-14-25/h4-5,8-12,15,21H,2-3,6-7,13-14,16H2,1H3,(H,24,26)/t21-/m1/s1. The van der Waals surface area contributed by atoms with E-state index in [1.165, 1.54) is 25.7 Å². The molecule has 3 rings (SSSR count). The van der Waals surface area contributed by atoms with Crippen molar-refractivity contribution in [2.75, 3.05) is 26.7 Å². The molecule has 0 saturated carbocycles. The molecule has 2 aromatic carbocycles. The highest BCUT2D eigenvalue weighted by molar-refractivity contribution is 6.31. The summed E-state index contributed by atoms with van der Waals surface area (Å²) in [5, 5.41) is 3.85. The molecular formula is C22H27ClN2O2. The van der Waals surface area contributed by atoms with E-state index < -0.39 is 0 Å². The van der Waals surface area contributed by atoms with E-state index >= 15 is 0 Å². The van der Waals surface area contributed by atoms with Crippen LogP contribution in [-0.4, -0.2) is 37.6 Å². The first kappa shape index (κ1) is 19.7. The summed E-state index contributed by atoms with van der Waals surface area (Å²) in [4.78, 5) is 15.1. The van der Waals surface area contributed by atoms with Crippen molar-refractivity contribution in [3.63, 3.8) is 0 Å². The maximum Gasteiger partial charge on any atom is 0.251 e. The number of methoxy groups -OCH3 is 1. The number of amides is 1. The van der Waals surface area contributed by atoms with E-state index in [-0.39, 0.29) is 11.9 Å². The summed E-state index contributed by atoms with van der Waals surface area (Å²) in [5.41, 5.74) is 1.68. The number of nitrogens with zero attached hydrogens (tertiary/aromatic N) is 1. The van der Waals surface area contributed by atoms with Crippen molar-refractivity contribution >= 4 is 17.5 Å². The van der Waals surface area contributed by atoms with E-state index in [2.05, 4.69) is 16.3 Å².